The summed E-state index contributed by atoms with van der Waals surface area (Å²) in [6.45, 7) is 1.18. The quantitative estimate of drug-likeness (QED) is 0.517. The number of methoxy groups -OCH3 is 1. The summed E-state index contributed by atoms with van der Waals surface area (Å²) in [5, 5.41) is 4.81. The lowest BCUT2D eigenvalue weighted by molar-refractivity contribution is -0.693. The van der Waals surface area contributed by atoms with Crippen LogP contribution in [0.2, 0.25) is 0 Å². The first-order valence-electron chi connectivity index (χ1n) is 9.33. The van der Waals surface area contributed by atoms with Gasteiger partial charge in [0.2, 0.25) is 5.82 Å². The molecular weight excluding hydrogens is 340 g/mol. The summed E-state index contributed by atoms with van der Waals surface area (Å²) in [5.74, 6) is 2.84. The van der Waals surface area contributed by atoms with Crippen molar-refractivity contribution >= 4 is 5.78 Å². The number of ether oxygens (including phenoxy) is 1. The highest BCUT2D eigenvalue weighted by Gasteiger charge is 2.29. The van der Waals surface area contributed by atoms with Crippen molar-refractivity contribution in [2.24, 2.45) is 0 Å². The maximum Gasteiger partial charge on any atom is 0.309 e. The number of aromatic nitrogens is 4. The lowest BCUT2D eigenvalue weighted by Gasteiger charge is -2.03. The molecule has 0 saturated carbocycles. The number of fused-ring (bicyclic) bond motifs is 1. The number of hydrogen-bond donors (Lipinski definition) is 0. The molecule has 0 atom stereocenters. The number of carbonyl (C=O) groups excluding carboxylic acids is 1. The number of hydrogen-bond acceptors (Lipinski definition) is 4. The Labute approximate surface area is 158 Å². The molecule has 0 saturated heterocycles. The average molecular weight is 363 g/mol. The summed E-state index contributed by atoms with van der Waals surface area (Å²) in [7, 11) is 1.62. The predicted octanol–water partition coefficient (Wildman–Crippen LogP) is 2.85. The van der Waals surface area contributed by atoms with Crippen LogP contribution < -0.4 is 9.30 Å². The second-order valence-corrected chi connectivity index (χ2v) is 6.75. The Balaban J connectivity index is 1.67. The molecule has 0 spiro atoms. The van der Waals surface area contributed by atoms with E-state index in [9.17, 15) is 4.79 Å². The van der Waals surface area contributed by atoms with Crippen molar-refractivity contribution in [1.82, 2.24) is 14.8 Å². The van der Waals surface area contributed by atoms with E-state index >= 15 is 0 Å². The van der Waals surface area contributed by atoms with Crippen molar-refractivity contribution < 1.29 is 14.1 Å². The van der Waals surface area contributed by atoms with Crippen LogP contribution in [0.25, 0.3) is 11.4 Å². The van der Waals surface area contributed by atoms with Gasteiger partial charge in [-0.1, -0.05) is 0 Å². The molecule has 1 aromatic carbocycles. The van der Waals surface area contributed by atoms with Crippen molar-refractivity contribution in [2.45, 2.75) is 38.8 Å². The Morgan fingerprint density at radius 2 is 1.89 bits per heavy atom. The van der Waals surface area contributed by atoms with E-state index in [0.717, 1.165) is 48.8 Å². The summed E-state index contributed by atoms with van der Waals surface area (Å²) in [6.07, 6.45) is 7.95. The highest BCUT2D eigenvalue weighted by molar-refractivity contribution is 5.96. The largest absolute Gasteiger partial charge is 0.497 e. The highest BCUT2D eigenvalue weighted by Crippen LogP contribution is 2.18. The Morgan fingerprint density at radius 3 is 2.63 bits per heavy atom. The number of rotatable bonds is 5. The molecule has 0 aliphatic carbocycles. The first-order chi connectivity index (χ1) is 13.3. The molecule has 1 aliphatic heterocycles. The molecule has 3 aromatic rings. The molecule has 0 fully saturated rings. The van der Waals surface area contributed by atoms with E-state index in [1.807, 2.05) is 28.9 Å². The van der Waals surface area contributed by atoms with Gasteiger partial charge in [-0.2, -0.15) is 0 Å². The predicted molar refractivity (Wildman–Crippen MR) is 101 cm³/mol. The van der Waals surface area contributed by atoms with Gasteiger partial charge in [-0.25, -0.2) is 4.57 Å². The van der Waals surface area contributed by atoms with Gasteiger partial charge in [0.15, 0.2) is 12.3 Å². The van der Waals surface area contributed by atoms with Gasteiger partial charge in [-0.3, -0.25) is 9.78 Å². The highest BCUT2D eigenvalue weighted by atomic mass is 16.5. The van der Waals surface area contributed by atoms with Crippen molar-refractivity contribution in [3.05, 3.63) is 60.2 Å². The number of Topliss-reactive ketones (excluding diaryl/α,β-unsaturated/α-hetero) is 1. The minimum atomic E-state index is 0.0501. The number of ketones is 1. The lowest BCUT2D eigenvalue weighted by Crippen LogP contribution is -2.38. The second-order valence-electron chi connectivity index (χ2n) is 6.75. The van der Waals surface area contributed by atoms with Crippen LogP contribution in [-0.2, 0) is 19.5 Å². The van der Waals surface area contributed by atoms with E-state index in [0.29, 0.717) is 5.56 Å². The Morgan fingerprint density at radius 1 is 1.11 bits per heavy atom. The fraction of sp³-hybridized carbons (Fsp3) is 0.333. The van der Waals surface area contributed by atoms with Crippen LogP contribution in [0, 0.1) is 0 Å². The molecule has 0 bridgehead atoms. The SMILES string of the molecule is COc1ccc(C(=O)Cn2nc(-c3ccncc3)[n+]3c2CCCCC3)cc1. The standard InChI is InChI=1S/C21H23N4O2/c1-27-18-8-6-16(7-9-18)19(26)15-25-20-5-3-2-4-14-24(20)21(23-25)17-10-12-22-13-11-17/h6-13H,2-5,14-15H2,1H3/q+1. The normalized spacial score (nSPS) is 13.7. The van der Waals surface area contributed by atoms with Crippen LogP contribution in [0.4, 0.5) is 0 Å². The van der Waals surface area contributed by atoms with E-state index in [4.69, 9.17) is 9.84 Å². The summed E-state index contributed by atoms with van der Waals surface area (Å²) in [6, 6.07) is 11.2. The summed E-state index contributed by atoms with van der Waals surface area (Å²) in [5.41, 5.74) is 1.70. The van der Waals surface area contributed by atoms with E-state index in [2.05, 4.69) is 9.55 Å². The number of pyridine rings is 1. The van der Waals surface area contributed by atoms with E-state index in [1.54, 1.807) is 31.6 Å². The number of carbonyl (C=O) groups is 1. The van der Waals surface area contributed by atoms with Crippen LogP contribution in [0.3, 0.4) is 0 Å². The zero-order chi connectivity index (χ0) is 18.6. The first-order valence-corrected chi connectivity index (χ1v) is 9.33. The van der Waals surface area contributed by atoms with Gasteiger partial charge < -0.3 is 4.74 Å². The Kier molecular flexibility index (Phi) is 4.96. The third kappa shape index (κ3) is 3.60. The van der Waals surface area contributed by atoms with Gasteiger partial charge in [-0.05, 0) is 55.7 Å². The monoisotopic (exact) mass is 363 g/mol. The number of nitrogens with zero attached hydrogens (tertiary/aromatic N) is 4. The van der Waals surface area contributed by atoms with E-state index < -0.39 is 0 Å². The second kappa shape index (κ2) is 7.70. The van der Waals surface area contributed by atoms with Crippen LogP contribution in [0.15, 0.2) is 48.8 Å². The third-order valence-corrected chi connectivity index (χ3v) is 5.01. The van der Waals surface area contributed by atoms with Gasteiger partial charge >= 0.3 is 5.82 Å². The van der Waals surface area contributed by atoms with E-state index in [-0.39, 0.29) is 12.3 Å². The van der Waals surface area contributed by atoms with Gasteiger partial charge in [0.05, 0.1) is 19.2 Å². The molecular formula is C21H23N4O2+. The fourth-order valence-electron chi connectivity index (χ4n) is 3.56. The summed E-state index contributed by atoms with van der Waals surface area (Å²) in [4.78, 5) is 16.9. The Bertz CT molecular complexity index is 933. The maximum atomic E-state index is 12.8. The fourth-order valence-corrected chi connectivity index (χ4v) is 3.56. The molecule has 0 radical (unpaired) electrons. The molecule has 6 heteroatoms. The molecule has 138 valence electrons. The topological polar surface area (TPSA) is 60.9 Å². The maximum absolute atomic E-state index is 12.8. The van der Waals surface area contributed by atoms with Crippen LogP contribution in [-0.4, -0.2) is 27.7 Å². The molecule has 2 aromatic heterocycles. The minimum absolute atomic E-state index is 0.0501. The van der Waals surface area contributed by atoms with Crippen molar-refractivity contribution in [3.8, 4) is 17.1 Å². The molecule has 27 heavy (non-hydrogen) atoms. The van der Waals surface area contributed by atoms with Crippen molar-refractivity contribution in [2.75, 3.05) is 7.11 Å². The minimum Gasteiger partial charge on any atom is -0.497 e. The molecule has 0 amide bonds. The number of benzene rings is 1. The summed E-state index contributed by atoms with van der Waals surface area (Å²) >= 11 is 0. The van der Waals surface area contributed by atoms with Crippen molar-refractivity contribution in [1.29, 1.82) is 0 Å². The smallest absolute Gasteiger partial charge is 0.309 e. The van der Waals surface area contributed by atoms with E-state index in [1.165, 1.54) is 6.42 Å². The molecule has 0 N–H and O–H groups in total. The van der Waals surface area contributed by atoms with Crippen molar-refractivity contribution in [3.63, 3.8) is 0 Å². The molecule has 4 rings (SSSR count). The molecule has 3 heterocycles. The summed E-state index contributed by atoms with van der Waals surface area (Å²) < 4.78 is 9.32. The average Bonchev–Trinajstić information content (AvgIpc) is 2.89. The van der Waals surface area contributed by atoms with Crippen LogP contribution in [0.5, 0.6) is 5.75 Å². The Hall–Kier alpha value is -3.02. The van der Waals surface area contributed by atoms with Gasteiger partial charge in [-0.15, -0.1) is 4.68 Å². The molecule has 1 aliphatic rings. The molecule has 6 nitrogen and oxygen atoms in total. The molecule has 0 unspecified atom stereocenters. The third-order valence-electron chi connectivity index (χ3n) is 5.01. The zero-order valence-corrected chi connectivity index (χ0v) is 15.5. The van der Waals surface area contributed by atoms with Gasteiger partial charge in [0.1, 0.15) is 5.75 Å². The van der Waals surface area contributed by atoms with Crippen LogP contribution in [0.1, 0.15) is 35.4 Å². The zero-order valence-electron chi connectivity index (χ0n) is 15.5. The van der Waals surface area contributed by atoms with Crippen LogP contribution >= 0.6 is 0 Å². The first kappa shape index (κ1) is 17.4. The van der Waals surface area contributed by atoms with Gasteiger partial charge in [0, 0.05) is 29.5 Å². The van der Waals surface area contributed by atoms with Gasteiger partial charge in [0.25, 0.3) is 0 Å². The lowest BCUT2D eigenvalue weighted by atomic mass is 10.1.